The molecule has 5 nitrogen and oxygen atoms in total. The number of ether oxygens (including phenoxy) is 2. The average Bonchev–Trinajstić information content (AvgIpc) is 2.60. The first-order valence-corrected chi connectivity index (χ1v) is 9.01. The third-order valence-electron chi connectivity index (χ3n) is 3.88. The van der Waals surface area contributed by atoms with Crippen LogP contribution >= 0.6 is 0 Å². The molecule has 0 spiro atoms. The molecule has 0 aliphatic carbocycles. The van der Waals surface area contributed by atoms with Crippen molar-refractivity contribution < 1.29 is 22.1 Å². The molecule has 0 aromatic heterocycles. The Kier molecular flexibility index (Phi) is 4.55. The molecule has 0 unspecified atom stereocenters. The molecule has 0 fully saturated rings. The predicted octanol–water partition coefficient (Wildman–Crippen LogP) is 3.93. The van der Waals surface area contributed by atoms with Crippen molar-refractivity contribution in [3.8, 4) is 17.2 Å². The molecule has 3 rings (SSSR count). The van der Waals surface area contributed by atoms with Gasteiger partial charge in [0.15, 0.2) is 11.5 Å². The lowest BCUT2D eigenvalue weighted by Gasteiger charge is -2.14. The van der Waals surface area contributed by atoms with Crippen molar-refractivity contribution in [1.29, 1.82) is 0 Å². The highest BCUT2D eigenvalue weighted by atomic mass is 32.2. The van der Waals surface area contributed by atoms with Gasteiger partial charge in [0.1, 0.15) is 10.6 Å². The minimum Gasteiger partial charge on any atom is -0.493 e. The molecule has 0 aliphatic heterocycles. The minimum absolute atomic E-state index is 0.0401. The molecule has 0 amide bonds. The largest absolute Gasteiger partial charge is 0.493 e. The van der Waals surface area contributed by atoms with Crippen LogP contribution in [0.4, 0.5) is 0 Å². The first kappa shape index (κ1) is 17.1. The fourth-order valence-corrected chi connectivity index (χ4v) is 3.77. The van der Waals surface area contributed by atoms with E-state index in [-0.39, 0.29) is 10.6 Å². The summed E-state index contributed by atoms with van der Waals surface area (Å²) < 4.78 is 41.1. The standard InChI is InChI=1S/C19H18O5S/c1-13-10-17(22-2)18(23-3)12-19(13)25(20,21)24-16-9-8-14-6-4-5-7-15(14)11-16/h4-12H,1-3H3. The van der Waals surface area contributed by atoms with Gasteiger partial charge in [-0.05, 0) is 41.5 Å². The van der Waals surface area contributed by atoms with Crippen LogP contribution in [-0.2, 0) is 10.1 Å². The number of benzene rings is 3. The third-order valence-corrected chi connectivity index (χ3v) is 5.27. The Balaban J connectivity index is 2.01. The zero-order valence-corrected chi connectivity index (χ0v) is 15.0. The highest BCUT2D eigenvalue weighted by Gasteiger charge is 2.22. The van der Waals surface area contributed by atoms with Crippen molar-refractivity contribution in [2.24, 2.45) is 0 Å². The van der Waals surface area contributed by atoms with E-state index in [1.807, 2.05) is 30.3 Å². The summed E-state index contributed by atoms with van der Waals surface area (Å²) in [5.74, 6) is 1.05. The lowest BCUT2D eigenvalue weighted by Crippen LogP contribution is -2.12. The highest BCUT2D eigenvalue weighted by molar-refractivity contribution is 7.87. The fourth-order valence-electron chi connectivity index (χ4n) is 2.62. The molecule has 3 aromatic carbocycles. The summed E-state index contributed by atoms with van der Waals surface area (Å²) in [7, 11) is -1.06. The van der Waals surface area contributed by atoms with Crippen molar-refractivity contribution in [2.45, 2.75) is 11.8 Å². The van der Waals surface area contributed by atoms with Gasteiger partial charge in [-0.15, -0.1) is 0 Å². The number of methoxy groups -OCH3 is 2. The summed E-state index contributed by atoms with van der Waals surface area (Å²) in [6, 6.07) is 15.8. The van der Waals surface area contributed by atoms with Crippen molar-refractivity contribution in [1.82, 2.24) is 0 Å². The van der Waals surface area contributed by atoms with E-state index < -0.39 is 10.1 Å². The molecule has 6 heteroatoms. The predicted molar refractivity (Wildman–Crippen MR) is 96.0 cm³/mol. The second-order valence-electron chi connectivity index (χ2n) is 5.52. The van der Waals surface area contributed by atoms with E-state index in [1.165, 1.54) is 20.3 Å². The van der Waals surface area contributed by atoms with E-state index in [1.54, 1.807) is 25.1 Å². The molecule has 0 atom stereocenters. The van der Waals surface area contributed by atoms with Crippen molar-refractivity contribution in [3.05, 3.63) is 60.2 Å². The zero-order chi connectivity index (χ0) is 18.0. The molecular weight excluding hydrogens is 340 g/mol. The van der Waals surface area contributed by atoms with Crippen LogP contribution in [0.15, 0.2) is 59.5 Å². The van der Waals surface area contributed by atoms with Crippen molar-refractivity contribution in [3.63, 3.8) is 0 Å². The summed E-state index contributed by atoms with van der Waals surface area (Å²) in [6.45, 7) is 1.68. The Morgan fingerprint density at radius 1 is 0.800 bits per heavy atom. The van der Waals surface area contributed by atoms with Gasteiger partial charge in [0.25, 0.3) is 0 Å². The van der Waals surface area contributed by atoms with Crippen LogP contribution < -0.4 is 13.7 Å². The maximum absolute atomic E-state index is 12.7. The minimum atomic E-state index is -4.01. The van der Waals surface area contributed by atoms with Gasteiger partial charge in [0.2, 0.25) is 0 Å². The number of rotatable bonds is 5. The van der Waals surface area contributed by atoms with Gasteiger partial charge in [-0.25, -0.2) is 0 Å². The molecule has 0 heterocycles. The van der Waals surface area contributed by atoms with Crippen LogP contribution in [0.5, 0.6) is 17.2 Å². The normalized spacial score (nSPS) is 11.3. The van der Waals surface area contributed by atoms with E-state index in [4.69, 9.17) is 13.7 Å². The van der Waals surface area contributed by atoms with Gasteiger partial charge in [-0.3, -0.25) is 0 Å². The molecule has 0 aliphatic rings. The summed E-state index contributed by atoms with van der Waals surface area (Å²) in [4.78, 5) is 0.0401. The molecule has 0 radical (unpaired) electrons. The molecule has 3 aromatic rings. The summed E-state index contributed by atoms with van der Waals surface area (Å²) in [5.41, 5.74) is 0.512. The second kappa shape index (κ2) is 6.64. The first-order valence-electron chi connectivity index (χ1n) is 7.60. The number of aryl methyl sites for hydroxylation is 1. The first-order chi connectivity index (χ1) is 11.9. The molecule has 25 heavy (non-hydrogen) atoms. The Hall–Kier alpha value is -2.73. The van der Waals surface area contributed by atoms with Crippen molar-refractivity contribution in [2.75, 3.05) is 14.2 Å². The van der Waals surface area contributed by atoms with Crippen molar-refractivity contribution >= 4 is 20.9 Å². The SMILES string of the molecule is COc1cc(C)c(S(=O)(=O)Oc2ccc3ccccc3c2)cc1OC. The van der Waals surface area contributed by atoms with Crippen LogP contribution in [0.3, 0.4) is 0 Å². The number of fused-ring (bicyclic) bond motifs is 1. The van der Waals surface area contributed by atoms with Gasteiger partial charge in [0, 0.05) is 6.07 Å². The topological polar surface area (TPSA) is 61.8 Å². The van der Waals surface area contributed by atoms with E-state index in [9.17, 15) is 8.42 Å². The monoisotopic (exact) mass is 358 g/mol. The maximum Gasteiger partial charge on any atom is 0.339 e. The van der Waals surface area contributed by atoms with Crippen LogP contribution in [0.1, 0.15) is 5.56 Å². The van der Waals surface area contributed by atoms with E-state index in [0.29, 0.717) is 17.1 Å². The molecular formula is C19H18O5S. The second-order valence-corrected chi connectivity index (χ2v) is 7.03. The maximum atomic E-state index is 12.7. The van der Waals surface area contributed by atoms with Gasteiger partial charge in [-0.1, -0.05) is 30.3 Å². The lowest BCUT2D eigenvalue weighted by molar-refractivity contribution is 0.353. The Morgan fingerprint density at radius 2 is 1.44 bits per heavy atom. The molecule has 0 saturated carbocycles. The average molecular weight is 358 g/mol. The van der Waals surface area contributed by atoms with Crippen LogP contribution in [0.25, 0.3) is 10.8 Å². The smallest absolute Gasteiger partial charge is 0.339 e. The van der Waals surface area contributed by atoms with Gasteiger partial charge in [-0.2, -0.15) is 8.42 Å². The van der Waals surface area contributed by atoms with E-state index >= 15 is 0 Å². The van der Waals surface area contributed by atoms with E-state index in [2.05, 4.69) is 0 Å². The number of hydrogen-bond donors (Lipinski definition) is 0. The van der Waals surface area contributed by atoms with Crippen LogP contribution in [-0.4, -0.2) is 22.6 Å². The lowest BCUT2D eigenvalue weighted by atomic mass is 10.1. The summed E-state index contributed by atoms with van der Waals surface area (Å²) >= 11 is 0. The van der Waals surface area contributed by atoms with Crippen LogP contribution in [0, 0.1) is 6.92 Å². The van der Waals surface area contributed by atoms with Gasteiger partial charge < -0.3 is 13.7 Å². The Morgan fingerprint density at radius 3 is 2.12 bits per heavy atom. The van der Waals surface area contributed by atoms with Gasteiger partial charge >= 0.3 is 10.1 Å². The van der Waals surface area contributed by atoms with Crippen LogP contribution in [0.2, 0.25) is 0 Å². The number of hydrogen-bond acceptors (Lipinski definition) is 5. The van der Waals surface area contributed by atoms with Gasteiger partial charge in [0.05, 0.1) is 14.2 Å². The zero-order valence-electron chi connectivity index (χ0n) is 14.1. The third kappa shape index (κ3) is 3.39. The molecule has 130 valence electrons. The molecule has 0 N–H and O–H groups in total. The molecule has 0 saturated heterocycles. The quantitative estimate of drug-likeness (QED) is 0.647. The summed E-state index contributed by atoms with van der Waals surface area (Å²) in [6.07, 6.45) is 0. The fraction of sp³-hybridized carbons (Fsp3) is 0.158. The summed E-state index contributed by atoms with van der Waals surface area (Å²) in [5, 5.41) is 1.91. The Labute approximate surface area is 146 Å². The highest BCUT2D eigenvalue weighted by Crippen LogP contribution is 2.33. The Bertz CT molecular complexity index is 1030. The molecule has 0 bridgehead atoms. The van der Waals surface area contributed by atoms with E-state index in [0.717, 1.165) is 10.8 Å².